The van der Waals surface area contributed by atoms with E-state index in [0.717, 1.165) is 5.56 Å². The first-order valence-corrected chi connectivity index (χ1v) is 6.06. The molecule has 0 saturated carbocycles. The zero-order valence-corrected chi connectivity index (χ0v) is 9.17. The van der Waals surface area contributed by atoms with Crippen molar-refractivity contribution in [2.45, 2.75) is 13.3 Å². The molecule has 1 aromatic rings. The maximum atomic E-state index is 10.4. The maximum Gasteiger partial charge on any atom is 0.264 e. The van der Waals surface area contributed by atoms with Crippen molar-refractivity contribution in [2.75, 3.05) is 12.4 Å². The minimum atomic E-state index is -3.88. The summed E-state index contributed by atoms with van der Waals surface area (Å²) < 4.78 is 34.4. The van der Waals surface area contributed by atoms with E-state index in [9.17, 15) is 8.42 Å². The summed E-state index contributed by atoms with van der Waals surface area (Å²) in [7, 11) is -3.88. The average molecular weight is 228 g/mol. The molecule has 0 bridgehead atoms. The van der Waals surface area contributed by atoms with Crippen LogP contribution in [0.15, 0.2) is 12.1 Å². The molecule has 4 nitrogen and oxygen atoms in total. The molecule has 0 aromatic heterocycles. The molecule has 0 heterocycles. The van der Waals surface area contributed by atoms with Crippen LogP contribution in [0.3, 0.4) is 0 Å². The van der Waals surface area contributed by atoms with Crippen LogP contribution in [-0.4, -0.2) is 25.3 Å². The number of aryl methyl sites for hydroxylation is 1. The molecule has 82 valence electrons. The van der Waals surface area contributed by atoms with Gasteiger partial charge in [-0.1, -0.05) is 0 Å². The Morgan fingerprint density at radius 2 is 2.13 bits per heavy atom. The van der Waals surface area contributed by atoms with Gasteiger partial charge in [-0.3, -0.25) is 4.55 Å². The van der Waals surface area contributed by atoms with Gasteiger partial charge in [-0.25, -0.2) is 0 Å². The van der Waals surface area contributed by atoms with Crippen LogP contribution in [0.2, 0.25) is 0 Å². The standard InChI is InChI=1S/C10H12O4S/c1-9-3-5-10(6-4-9)14-7-2-8-15(11,12)13/h3,6H,2,7-8H2,1H3,(H,11,12,13). The normalized spacial score (nSPS) is 11.3. The highest BCUT2D eigenvalue weighted by Crippen LogP contribution is 2.09. The summed E-state index contributed by atoms with van der Waals surface area (Å²) in [6.07, 6.45) is 0.251. The van der Waals surface area contributed by atoms with Crippen molar-refractivity contribution in [3.8, 4) is 5.75 Å². The molecule has 0 fully saturated rings. The summed E-state index contributed by atoms with van der Waals surface area (Å²) in [6.45, 7) is 2.12. The highest BCUT2D eigenvalue weighted by molar-refractivity contribution is 7.85. The molecule has 2 radical (unpaired) electrons. The fraction of sp³-hybridized carbons (Fsp3) is 0.400. The number of ether oxygens (including phenoxy) is 1. The van der Waals surface area contributed by atoms with Gasteiger partial charge in [-0.15, -0.1) is 0 Å². The molecular formula is C10H12O4S. The number of rotatable bonds is 5. The van der Waals surface area contributed by atoms with Gasteiger partial charge in [0.05, 0.1) is 12.4 Å². The maximum absolute atomic E-state index is 10.4. The van der Waals surface area contributed by atoms with Gasteiger partial charge in [0.25, 0.3) is 10.1 Å². The van der Waals surface area contributed by atoms with Gasteiger partial charge in [0, 0.05) is 6.07 Å². The van der Waals surface area contributed by atoms with Crippen LogP contribution in [0.1, 0.15) is 12.0 Å². The lowest BCUT2D eigenvalue weighted by Gasteiger charge is -2.04. The number of hydrogen-bond acceptors (Lipinski definition) is 3. The van der Waals surface area contributed by atoms with Crippen LogP contribution >= 0.6 is 0 Å². The quantitative estimate of drug-likeness (QED) is 0.608. The van der Waals surface area contributed by atoms with Crippen LogP contribution in [0, 0.1) is 19.1 Å². The number of hydrogen-bond donors (Lipinski definition) is 1. The summed E-state index contributed by atoms with van der Waals surface area (Å²) >= 11 is 0. The van der Waals surface area contributed by atoms with E-state index in [4.69, 9.17) is 9.29 Å². The minimum Gasteiger partial charge on any atom is -0.493 e. The van der Waals surface area contributed by atoms with Crippen LogP contribution in [0.5, 0.6) is 5.75 Å². The van der Waals surface area contributed by atoms with E-state index in [1.54, 1.807) is 12.1 Å². The highest BCUT2D eigenvalue weighted by atomic mass is 32.2. The summed E-state index contributed by atoms with van der Waals surface area (Å²) in [5.74, 6) is 0.235. The molecule has 0 saturated heterocycles. The zero-order valence-electron chi connectivity index (χ0n) is 8.36. The Labute approximate surface area is 89.6 Å². The van der Waals surface area contributed by atoms with Crippen LogP contribution in [-0.2, 0) is 10.1 Å². The molecule has 0 unspecified atom stereocenters. The third-order valence-corrected chi connectivity index (χ3v) is 2.47. The van der Waals surface area contributed by atoms with Gasteiger partial charge in [-0.2, -0.15) is 8.42 Å². The van der Waals surface area contributed by atoms with Gasteiger partial charge in [0.1, 0.15) is 5.75 Å². The fourth-order valence-electron chi connectivity index (χ4n) is 0.949. The van der Waals surface area contributed by atoms with Crippen molar-refractivity contribution in [1.29, 1.82) is 0 Å². The van der Waals surface area contributed by atoms with E-state index in [2.05, 4.69) is 12.1 Å². The van der Waals surface area contributed by atoms with Gasteiger partial charge in [0.15, 0.2) is 0 Å². The Hall–Kier alpha value is -1.07. The fourth-order valence-corrected chi connectivity index (χ4v) is 1.43. The summed E-state index contributed by atoms with van der Waals surface area (Å²) in [6, 6.07) is 9.18. The topological polar surface area (TPSA) is 63.6 Å². The first kappa shape index (κ1) is 12.0. The smallest absolute Gasteiger partial charge is 0.264 e. The molecule has 1 N–H and O–H groups in total. The predicted octanol–water partition coefficient (Wildman–Crippen LogP) is 1.25. The van der Waals surface area contributed by atoms with Gasteiger partial charge in [-0.05, 0) is 37.1 Å². The largest absolute Gasteiger partial charge is 0.493 e. The molecule has 0 aliphatic rings. The molecule has 1 rings (SSSR count). The van der Waals surface area contributed by atoms with Crippen molar-refractivity contribution in [2.24, 2.45) is 0 Å². The summed E-state index contributed by atoms with van der Waals surface area (Å²) in [5.41, 5.74) is 0.959. The molecule has 0 atom stereocenters. The molecule has 0 aliphatic heterocycles. The Morgan fingerprint density at radius 1 is 1.40 bits per heavy atom. The average Bonchev–Trinajstić information content (AvgIpc) is 2.14. The van der Waals surface area contributed by atoms with Crippen molar-refractivity contribution in [3.63, 3.8) is 0 Å². The van der Waals surface area contributed by atoms with E-state index in [1.165, 1.54) is 0 Å². The van der Waals surface area contributed by atoms with Gasteiger partial charge in [0.2, 0.25) is 0 Å². The van der Waals surface area contributed by atoms with Crippen molar-refractivity contribution >= 4 is 10.1 Å². The minimum absolute atomic E-state index is 0.229. The van der Waals surface area contributed by atoms with E-state index < -0.39 is 10.1 Å². The predicted molar refractivity (Wildman–Crippen MR) is 55.4 cm³/mol. The Kier molecular flexibility index (Phi) is 4.11. The van der Waals surface area contributed by atoms with Gasteiger partial charge >= 0.3 is 0 Å². The first-order valence-electron chi connectivity index (χ1n) is 4.45. The monoisotopic (exact) mass is 228 g/mol. The zero-order chi connectivity index (χ0) is 11.3. The molecule has 15 heavy (non-hydrogen) atoms. The summed E-state index contributed by atoms with van der Waals surface area (Å²) in [5, 5.41) is 0. The van der Waals surface area contributed by atoms with Crippen molar-refractivity contribution in [1.82, 2.24) is 0 Å². The molecule has 1 aromatic carbocycles. The highest BCUT2D eigenvalue weighted by Gasteiger charge is 2.03. The SMILES string of the molecule is Cc1[c]cc(OCCCS(=O)(=O)O)[c]c1. The van der Waals surface area contributed by atoms with E-state index >= 15 is 0 Å². The third kappa shape index (κ3) is 5.39. The van der Waals surface area contributed by atoms with E-state index in [0.29, 0.717) is 5.75 Å². The van der Waals surface area contributed by atoms with Crippen LogP contribution in [0.25, 0.3) is 0 Å². The summed E-state index contributed by atoms with van der Waals surface area (Å²) in [4.78, 5) is 0. The lowest BCUT2D eigenvalue weighted by atomic mass is 10.2. The Morgan fingerprint density at radius 3 is 2.67 bits per heavy atom. The second-order valence-electron chi connectivity index (χ2n) is 3.11. The van der Waals surface area contributed by atoms with E-state index in [-0.39, 0.29) is 18.8 Å². The number of benzene rings is 1. The molecule has 5 heteroatoms. The van der Waals surface area contributed by atoms with E-state index in [1.807, 2.05) is 6.92 Å². The van der Waals surface area contributed by atoms with Crippen molar-refractivity contribution < 1.29 is 17.7 Å². The Bertz CT molecular complexity index is 394. The lowest BCUT2D eigenvalue weighted by Crippen LogP contribution is -2.08. The molecule has 0 amide bonds. The molecule has 0 spiro atoms. The third-order valence-electron chi connectivity index (χ3n) is 1.67. The molecular weight excluding hydrogens is 216 g/mol. The van der Waals surface area contributed by atoms with Gasteiger partial charge < -0.3 is 4.74 Å². The van der Waals surface area contributed by atoms with Crippen LogP contribution < -0.4 is 4.74 Å². The lowest BCUT2D eigenvalue weighted by molar-refractivity contribution is 0.315. The second-order valence-corrected chi connectivity index (χ2v) is 4.68. The van der Waals surface area contributed by atoms with Crippen LogP contribution in [0.4, 0.5) is 0 Å². The Balaban J connectivity index is 2.29. The second kappa shape index (κ2) is 5.14. The molecule has 0 aliphatic carbocycles. The first-order chi connectivity index (χ1) is 6.97. The van der Waals surface area contributed by atoms with Crippen molar-refractivity contribution in [3.05, 3.63) is 29.8 Å².